The molecule has 0 aromatic heterocycles. The molecule has 2 aromatic rings. The van der Waals surface area contributed by atoms with Gasteiger partial charge < -0.3 is 10.6 Å². The lowest BCUT2D eigenvalue weighted by Gasteiger charge is -2.43. The van der Waals surface area contributed by atoms with Gasteiger partial charge in [-0.25, -0.2) is 0 Å². The van der Waals surface area contributed by atoms with Gasteiger partial charge >= 0.3 is 0 Å². The van der Waals surface area contributed by atoms with Gasteiger partial charge in [0, 0.05) is 39.8 Å². The Kier molecular flexibility index (Phi) is 6.80. The van der Waals surface area contributed by atoms with Crippen LogP contribution in [0.3, 0.4) is 0 Å². The number of halogens is 2. The fourth-order valence-electron chi connectivity index (χ4n) is 4.70. The van der Waals surface area contributed by atoms with Gasteiger partial charge in [0.15, 0.2) is 0 Å². The Morgan fingerprint density at radius 2 is 1.97 bits per heavy atom. The van der Waals surface area contributed by atoms with E-state index in [4.69, 9.17) is 23.2 Å². The molecule has 1 heterocycles. The van der Waals surface area contributed by atoms with E-state index in [1.165, 1.54) is 0 Å². The van der Waals surface area contributed by atoms with E-state index in [9.17, 15) is 9.59 Å². The summed E-state index contributed by atoms with van der Waals surface area (Å²) in [6.45, 7) is 4.28. The molecule has 5 nitrogen and oxygen atoms in total. The Morgan fingerprint density at radius 3 is 2.62 bits per heavy atom. The lowest BCUT2D eigenvalue weighted by molar-refractivity contribution is -0.134. The quantitative estimate of drug-likeness (QED) is 0.556. The van der Waals surface area contributed by atoms with E-state index in [2.05, 4.69) is 29.4 Å². The Labute approximate surface area is 199 Å². The number of anilines is 1. The molecule has 32 heavy (non-hydrogen) atoms. The number of fused-ring (bicyclic) bond motifs is 1. The summed E-state index contributed by atoms with van der Waals surface area (Å²) in [5.74, 6) is -0.192. The van der Waals surface area contributed by atoms with Crippen LogP contribution in [0, 0.1) is 0 Å². The third kappa shape index (κ3) is 4.39. The van der Waals surface area contributed by atoms with Crippen molar-refractivity contribution in [2.24, 2.45) is 0 Å². The van der Waals surface area contributed by atoms with Crippen molar-refractivity contribution in [3.8, 4) is 0 Å². The van der Waals surface area contributed by atoms with E-state index in [1.54, 1.807) is 12.1 Å². The van der Waals surface area contributed by atoms with Crippen LogP contribution in [0.4, 0.5) is 5.69 Å². The molecular weight excluding hydrogens is 445 g/mol. The van der Waals surface area contributed by atoms with Crippen LogP contribution in [-0.4, -0.2) is 35.3 Å². The molecule has 2 aliphatic rings. The second-order valence-electron chi connectivity index (χ2n) is 8.89. The van der Waals surface area contributed by atoms with Crippen molar-refractivity contribution in [3.63, 3.8) is 0 Å². The van der Waals surface area contributed by atoms with Crippen molar-refractivity contribution in [2.45, 2.75) is 63.6 Å². The number of carbonyl (C=O) groups is 2. The second kappa shape index (κ2) is 9.42. The zero-order chi connectivity index (χ0) is 22.9. The normalized spacial score (nSPS) is 21.1. The molecular formula is C25H29Cl2N3O2. The third-order valence-electron chi connectivity index (χ3n) is 6.80. The van der Waals surface area contributed by atoms with Crippen molar-refractivity contribution in [1.29, 1.82) is 0 Å². The highest BCUT2D eigenvalue weighted by atomic mass is 35.5. The van der Waals surface area contributed by atoms with E-state index >= 15 is 0 Å². The zero-order valence-electron chi connectivity index (χ0n) is 18.5. The topological polar surface area (TPSA) is 61.4 Å². The van der Waals surface area contributed by atoms with E-state index < -0.39 is 5.54 Å². The van der Waals surface area contributed by atoms with Gasteiger partial charge in [0.05, 0.1) is 6.54 Å². The number of hydrogen-bond donors (Lipinski definition) is 2. The molecule has 1 aliphatic carbocycles. The molecule has 4 rings (SSSR count). The van der Waals surface area contributed by atoms with Gasteiger partial charge in [-0.15, -0.1) is 0 Å². The Morgan fingerprint density at radius 1 is 1.22 bits per heavy atom. The Balaban J connectivity index is 1.79. The van der Waals surface area contributed by atoms with Crippen molar-refractivity contribution < 1.29 is 9.59 Å². The smallest absolute Gasteiger partial charge is 0.249 e. The summed E-state index contributed by atoms with van der Waals surface area (Å²) in [4.78, 5) is 28.8. The summed E-state index contributed by atoms with van der Waals surface area (Å²) < 4.78 is 0. The van der Waals surface area contributed by atoms with Crippen LogP contribution in [0.15, 0.2) is 42.5 Å². The van der Waals surface area contributed by atoms with Crippen LogP contribution in [-0.2, 0) is 21.5 Å². The minimum Gasteiger partial charge on any atom is -0.352 e. The van der Waals surface area contributed by atoms with Gasteiger partial charge in [-0.05, 0) is 62.4 Å². The Hall–Kier alpha value is -2.08. The molecule has 170 valence electrons. The molecule has 0 radical (unpaired) electrons. The molecule has 2 unspecified atom stereocenters. The van der Waals surface area contributed by atoms with Crippen LogP contribution < -0.4 is 10.6 Å². The minimum absolute atomic E-state index is 0.00583. The lowest BCUT2D eigenvalue weighted by atomic mass is 9.81. The van der Waals surface area contributed by atoms with Crippen molar-refractivity contribution in [1.82, 2.24) is 10.2 Å². The fraction of sp³-hybridized carbons (Fsp3) is 0.440. The standard InChI is InChI=1S/C25H29Cl2N3O2/c1-3-16(2)30(15-23(31)28-20-8-5-9-20)25(14-17-6-4-7-18(26)12-17)21-11-10-19(27)13-22(21)29-24(25)32/h4,6-7,10-13,16,20H,3,5,8-9,14-15H2,1-2H3,(H,28,31)(H,29,32). The summed E-state index contributed by atoms with van der Waals surface area (Å²) >= 11 is 12.5. The predicted octanol–water partition coefficient (Wildman–Crippen LogP) is 5.15. The highest BCUT2D eigenvalue weighted by Crippen LogP contribution is 2.45. The highest BCUT2D eigenvalue weighted by Gasteiger charge is 2.53. The molecule has 2 aromatic carbocycles. The second-order valence-corrected chi connectivity index (χ2v) is 9.76. The Bertz CT molecular complexity index is 1020. The average Bonchev–Trinajstić information content (AvgIpc) is 2.99. The van der Waals surface area contributed by atoms with Crippen LogP contribution in [0.1, 0.15) is 50.7 Å². The molecule has 1 aliphatic heterocycles. The molecule has 1 fully saturated rings. The first-order valence-electron chi connectivity index (χ1n) is 11.3. The van der Waals surface area contributed by atoms with Crippen molar-refractivity contribution in [2.75, 3.05) is 11.9 Å². The van der Waals surface area contributed by atoms with Gasteiger partial charge in [0.25, 0.3) is 0 Å². The van der Waals surface area contributed by atoms with E-state index in [0.29, 0.717) is 22.2 Å². The minimum atomic E-state index is -1.04. The van der Waals surface area contributed by atoms with Gasteiger partial charge in [0.1, 0.15) is 5.54 Å². The van der Waals surface area contributed by atoms with Gasteiger partial charge in [-0.2, -0.15) is 0 Å². The molecule has 2 amide bonds. The number of benzene rings is 2. The van der Waals surface area contributed by atoms with Crippen LogP contribution in [0.2, 0.25) is 10.0 Å². The van der Waals surface area contributed by atoms with E-state index in [0.717, 1.165) is 36.8 Å². The first-order chi connectivity index (χ1) is 15.3. The maximum Gasteiger partial charge on any atom is 0.249 e. The molecule has 7 heteroatoms. The SMILES string of the molecule is CCC(C)N(CC(=O)NC1CCC1)C1(Cc2cccc(Cl)c2)C(=O)Nc2cc(Cl)ccc21. The zero-order valence-corrected chi connectivity index (χ0v) is 20.0. The fourth-order valence-corrected chi connectivity index (χ4v) is 5.09. The molecule has 2 atom stereocenters. The number of nitrogens with one attached hydrogen (secondary N) is 2. The van der Waals surface area contributed by atoms with Gasteiger partial charge in [-0.1, -0.05) is 48.3 Å². The lowest BCUT2D eigenvalue weighted by Crippen LogP contribution is -2.59. The van der Waals surface area contributed by atoms with Crippen molar-refractivity contribution >= 4 is 40.7 Å². The maximum absolute atomic E-state index is 13.7. The van der Waals surface area contributed by atoms with Gasteiger partial charge in [0.2, 0.25) is 11.8 Å². The highest BCUT2D eigenvalue weighted by molar-refractivity contribution is 6.31. The summed E-state index contributed by atoms with van der Waals surface area (Å²) in [6.07, 6.45) is 4.38. The molecule has 1 saturated carbocycles. The monoisotopic (exact) mass is 473 g/mol. The molecule has 2 N–H and O–H groups in total. The summed E-state index contributed by atoms with van der Waals surface area (Å²) in [7, 11) is 0. The van der Waals surface area contributed by atoms with Crippen LogP contribution >= 0.6 is 23.2 Å². The third-order valence-corrected chi connectivity index (χ3v) is 7.27. The molecule has 0 spiro atoms. The number of carbonyl (C=O) groups excluding carboxylic acids is 2. The summed E-state index contributed by atoms with van der Waals surface area (Å²) in [5, 5.41) is 7.33. The first-order valence-corrected chi connectivity index (χ1v) is 12.0. The van der Waals surface area contributed by atoms with Gasteiger partial charge in [-0.3, -0.25) is 14.5 Å². The maximum atomic E-state index is 13.7. The summed E-state index contributed by atoms with van der Waals surface area (Å²) in [5.41, 5.74) is 1.42. The first kappa shape index (κ1) is 23.1. The molecule has 0 saturated heterocycles. The van der Waals surface area contributed by atoms with Crippen LogP contribution in [0.25, 0.3) is 0 Å². The number of amides is 2. The number of rotatable bonds is 8. The summed E-state index contributed by atoms with van der Waals surface area (Å²) in [6, 6.07) is 13.3. The molecule has 0 bridgehead atoms. The largest absolute Gasteiger partial charge is 0.352 e. The van der Waals surface area contributed by atoms with Crippen LogP contribution in [0.5, 0.6) is 0 Å². The predicted molar refractivity (Wildman–Crippen MR) is 129 cm³/mol. The van der Waals surface area contributed by atoms with E-state index in [-0.39, 0.29) is 30.4 Å². The number of hydrogen-bond acceptors (Lipinski definition) is 3. The average molecular weight is 474 g/mol. The van der Waals surface area contributed by atoms with Crippen molar-refractivity contribution in [3.05, 3.63) is 63.6 Å². The number of nitrogens with zero attached hydrogens (tertiary/aromatic N) is 1. The van der Waals surface area contributed by atoms with E-state index in [1.807, 2.05) is 30.3 Å².